The van der Waals surface area contributed by atoms with Crippen LogP contribution in [0.4, 0.5) is 0 Å². The van der Waals surface area contributed by atoms with Gasteiger partial charge in [-0.1, -0.05) is 81.4 Å². The van der Waals surface area contributed by atoms with Gasteiger partial charge in [-0.25, -0.2) is 0 Å². The van der Waals surface area contributed by atoms with Crippen molar-refractivity contribution >= 4 is 5.78 Å². The van der Waals surface area contributed by atoms with Crippen LogP contribution in [0, 0.1) is 11.3 Å². The fraction of sp³-hybridized carbons (Fsp3) is 0.519. The van der Waals surface area contributed by atoms with Gasteiger partial charge in [-0.15, -0.1) is 0 Å². The largest absolute Gasteiger partial charge is 0.377 e. The average Bonchev–Trinajstić information content (AvgIpc) is 3.03. The number of carbonyl (C=O) groups excluding carboxylic acids is 1. The molecule has 0 radical (unpaired) electrons. The highest BCUT2D eigenvalue weighted by Crippen LogP contribution is 2.51. The maximum absolute atomic E-state index is 13.0. The molecule has 0 unspecified atom stereocenters. The van der Waals surface area contributed by atoms with E-state index >= 15 is 0 Å². The number of Topliss-reactive ketones (excluding diaryl/α,β-unsaturated/α-hetero) is 1. The van der Waals surface area contributed by atoms with Crippen molar-refractivity contribution in [3.8, 4) is 0 Å². The molecule has 2 aromatic rings. The number of hydrogen-bond donors (Lipinski definition) is 0. The van der Waals surface area contributed by atoms with E-state index in [2.05, 4.69) is 13.8 Å². The molecule has 0 N–H and O–H groups in total. The zero-order valence-electron chi connectivity index (χ0n) is 19.3. The maximum atomic E-state index is 13.0. The van der Waals surface area contributed by atoms with Gasteiger partial charge in [0.15, 0.2) is 5.79 Å². The van der Waals surface area contributed by atoms with Crippen LogP contribution >= 0.6 is 0 Å². The topological polar surface area (TPSA) is 54.0 Å². The standard InChI is InChI=1S/C27H34O5/c1-20-23(28)16-27(32-24(20)14-15-29-17-21-10-6-4-7-11-21)26(2,3)25(19-31-27)30-18-22-12-8-5-9-13-22/h4-13,20,24-25H,14-19H2,1-3H3/t20-,24-,25+,27-/m1/s1. The highest BCUT2D eigenvalue weighted by Gasteiger charge is 2.62. The normalized spacial score (nSPS) is 29.5. The minimum Gasteiger partial charge on any atom is -0.377 e. The average molecular weight is 439 g/mol. The van der Waals surface area contributed by atoms with Crippen molar-refractivity contribution in [2.45, 2.75) is 64.8 Å². The van der Waals surface area contributed by atoms with Crippen molar-refractivity contribution in [2.24, 2.45) is 11.3 Å². The summed E-state index contributed by atoms with van der Waals surface area (Å²) in [5.41, 5.74) is 1.80. The van der Waals surface area contributed by atoms with Crippen molar-refractivity contribution in [1.82, 2.24) is 0 Å². The summed E-state index contributed by atoms with van der Waals surface area (Å²) < 4.78 is 24.9. The summed E-state index contributed by atoms with van der Waals surface area (Å²) in [6, 6.07) is 20.2. The third-order valence-electron chi connectivity index (χ3n) is 7.02. The Morgan fingerprint density at radius 3 is 2.25 bits per heavy atom. The summed E-state index contributed by atoms with van der Waals surface area (Å²) >= 11 is 0. The Morgan fingerprint density at radius 2 is 1.59 bits per heavy atom. The first-order valence-corrected chi connectivity index (χ1v) is 11.5. The second kappa shape index (κ2) is 9.84. The predicted molar refractivity (Wildman–Crippen MR) is 122 cm³/mol. The van der Waals surface area contributed by atoms with Crippen LogP contribution in [0.2, 0.25) is 0 Å². The van der Waals surface area contributed by atoms with Crippen LogP contribution in [0.15, 0.2) is 60.7 Å². The SMILES string of the molecule is C[C@@H]1C(=O)C[C@@]2(OC[C@H](OCc3ccccc3)C2(C)C)O[C@@H]1CCOCc1ccccc1. The van der Waals surface area contributed by atoms with Crippen LogP contribution in [0.25, 0.3) is 0 Å². The highest BCUT2D eigenvalue weighted by molar-refractivity contribution is 5.83. The molecule has 2 fully saturated rings. The van der Waals surface area contributed by atoms with Gasteiger partial charge >= 0.3 is 0 Å². The molecule has 0 bridgehead atoms. The third-order valence-corrected chi connectivity index (χ3v) is 7.02. The zero-order chi connectivity index (χ0) is 22.6. The number of ketones is 1. The van der Waals surface area contributed by atoms with Crippen LogP contribution in [-0.2, 0) is 37.0 Å². The lowest BCUT2D eigenvalue weighted by Gasteiger charge is -2.47. The molecule has 0 aliphatic carbocycles. The molecule has 2 aliphatic heterocycles. The van der Waals surface area contributed by atoms with Gasteiger partial charge in [-0.05, 0) is 17.5 Å². The quantitative estimate of drug-likeness (QED) is 0.547. The summed E-state index contributed by atoms with van der Waals surface area (Å²) in [7, 11) is 0. The molecule has 4 rings (SSSR count). The molecule has 0 amide bonds. The lowest BCUT2D eigenvalue weighted by molar-refractivity contribution is -0.297. The van der Waals surface area contributed by atoms with E-state index in [-0.39, 0.29) is 30.3 Å². The van der Waals surface area contributed by atoms with Crippen LogP contribution in [-0.4, -0.2) is 37.0 Å². The first-order chi connectivity index (χ1) is 15.4. The van der Waals surface area contributed by atoms with E-state index in [1.807, 2.05) is 67.6 Å². The minimum absolute atomic E-state index is 0.154. The summed E-state index contributed by atoms with van der Waals surface area (Å²) in [6.45, 7) is 8.13. The van der Waals surface area contributed by atoms with Crippen molar-refractivity contribution < 1.29 is 23.7 Å². The smallest absolute Gasteiger partial charge is 0.183 e. The Bertz CT molecular complexity index is 881. The third kappa shape index (κ3) is 4.81. The van der Waals surface area contributed by atoms with Crippen molar-refractivity contribution in [1.29, 1.82) is 0 Å². The van der Waals surface area contributed by atoms with Gasteiger partial charge in [-0.3, -0.25) is 4.79 Å². The summed E-state index contributed by atoms with van der Waals surface area (Å²) in [6.07, 6.45) is 0.516. The molecular formula is C27H34O5. The van der Waals surface area contributed by atoms with E-state index in [4.69, 9.17) is 18.9 Å². The molecule has 172 valence electrons. The molecule has 2 heterocycles. The van der Waals surface area contributed by atoms with Crippen LogP contribution < -0.4 is 0 Å². The van der Waals surface area contributed by atoms with Crippen LogP contribution in [0.3, 0.4) is 0 Å². The summed E-state index contributed by atoms with van der Waals surface area (Å²) in [5.74, 6) is -0.951. The summed E-state index contributed by atoms with van der Waals surface area (Å²) in [5, 5.41) is 0. The maximum Gasteiger partial charge on any atom is 0.183 e. The predicted octanol–water partition coefficient (Wildman–Crippen LogP) is 4.93. The van der Waals surface area contributed by atoms with Crippen molar-refractivity contribution in [3.05, 3.63) is 71.8 Å². The Morgan fingerprint density at radius 1 is 0.969 bits per heavy atom. The van der Waals surface area contributed by atoms with Gasteiger partial charge in [0, 0.05) is 17.9 Å². The fourth-order valence-corrected chi connectivity index (χ4v) is 4.60. The van der Waals surface area contributed by atoms with Crippen molar-refractivity contribution in [3.63, 3.8) is 0 Å². The number of carbonyl (C=O) groups is 1. The zero-order valence-corrected chi connectivity index (χ0v) is 19.3. The lowest BCUT2D eigenvalue weighted by Crippen LogP contribution is -2.57. The van der Waals surface area contributed by atoms with Gasteiger partial charge in [0.2, 0.25) is 0 Å². The minimum atomic E-state index is -0.956. The Hall–Kier alpha value is -2.05. The van der Waals surface area contributed by atoms with Gasteiger partial charge in [0.1, 0.15) is 5.78 Å². The van der Waals surface area contributed by atoms with Gasteiger partial charge in [0.25, 0.3) is 0 Å². The molecule has 5 nitrogen and oxygen atoms in total. The molecule has 2 saturated heterocycles. The molecule has 0 aromatic heterocycles. The molecular weight excluding hydrogens is 404 g/mol. The van der Waals surface area contributed by atoms with Crippen LogP contribution in [0.5, 0.6) is 0 Å². The number of hydrogen-bond acceptors (Lipinski definition) is 5. The monoisotopic (exact) mass is 438 g/mol. The van der Waals surface area contributed by atoms with Gasteiger partial charge in [-0.2, -0.15) is 0 Å². The first-order valence-electron chi connectivity index (χ1n) is 11.5. The van der Waals surface area contributed by atoms with E-state index < -0.39 is 11.2 Å². The number of benzene rings is 2. The summed E-state index contributed by atoms with van der Waals surface area (Å²) in [4.78, 5) is 13.0. The van der Waals surface area contributed by atoms with Gasteiger partial charge < -0.3 is 18.9 Å². The second-order valence-corrected chi connectivity index (χ2v) is 9.49. The molecule has 2 aliphatic rings. The van der Waals surface area contributed by atoms with E-state index in [0.717, 1.165) is 11.1 Å². The van der Waals surface area contributed by atoms with E-state index in [1.54, 1.807) is 0 Å². The molecule has 0 saturated carbocycles. The highest BCUT2D eigenvalue weighted by atomic mass is 16.7. The van der Waals surface area contributed by atoms with E-state index in [0.29, 0.717) is 32.8 Å². The molecule has 4 atom stereocenters. The second-order valence-electron chi connectivity index (χ2n) is 9.49. The lowest BCUT2D eigenvalue weighted by atomic mass is 9.74. The Balaban J connectivity index is 1.36. The first kappa shape index (κ1) is 23.1. The Kier molecular flexibility index (Phi) is 7.11. The van der Waals surface area contributed by atoms with Crippen LogP contribution in [0.1, 0.15) is 44.7 Å². The Labute approximate surface area is 191 Å². The molecule has 5 heteroatoms. The van der Waals surface area contributed by atoms with Crippen molar-refractivity contribution in [2.75, 3.05) is 13.2 Å². The number of rotatable bonds is 8. The molecule has 1 spiro atoms. The van der Waals surface area contributed by atoms with E-state index in [1.165, 1.54) is 0 Å². The molecule has 2 aromatic carbocycles. The molecule has 32 heavy (non-hydrogen) atoms. The number of ether oxygens (including phenoxy) is 4. The fourth-order valence-electron chi connectivity index (χ4n) is 4.60. The van der Waals surface area contributed by atoms with Gasteiger partial charge in [0.05, 0.1) is 38.4 Å². The van der Waals surface area contributed by atoms with E-state index in [9.17, 15) is 4.79 Å².